The Kier molecular flexibility index (Phi) is 10.8. The zero-order valence-corrected chi connectivity index (χ0v) is 29.8. The molecule has 0 unspecified atom stereocenters. The normalized spacial score (nSPS) is 16.0. The second kappa shape index (κ2) is 15.9. The second-order valence-corrected chi connectivity index (χ2v) is 14.0. The summed E-state index contributed by atoms with van der Waals surface area (Å²) in [7, 11) is 0. The quantitative estimate of drug-likeness (QED) is 0.140. The number of rotatable bonds is 11. The lowest BCUT2D eigenvalue weighted by atomic mass is 9.93. The summed E-state index contributed by atoms with van der Waals surface area (Å²) in [6, 6.07) is 21.7. The monoisotopic (exact) mass is 682 g/mol. The topological polar surface area (TPSA) is 67.2 Å². The molecule has 3 aromatic heterocycles. The molecule has 8 heteroatoms. The molecule has 7 nitrogen and oxygen atoms in total. The van der Waals surface area contributed by atoms with Gasteiger partial charge >= 0.3 is 0 Å². The number of pyridine rings is 2. The van der Waals surface area contributed by atoms with E-state index < -0.39 is 5.82 Å². The number of amides is 1. The summed E-state index contributed by atoms with van der Waals surface area (Å²) in [5.41, 5.74) is 7.87. The van der Waals surface area contributed by atoms with E-state index in [-0.39, 0.29) is 11.9 Å². The fourth-order valence-electron chi connectivity index (χ4n) is 7.51. The number of halogens is 1. The number of carbonyl (C=O) groups is 1. The first-order valence-electron chi connectivity index (χ1n) is 18.4. The molecule has 1 amide bonds. The maximum atomic E-state index is 15.7. The van der Waals surface area contributed by atoms with Crippen molar-refractivity contribution < 1.29 is 9.18 Å². The third-order valence-electron chi connectivity index (χ3n) is 10.4. The molecule has 1 saturated carbocycles. The number of fused-ring (bicyclic) bond motifs is 1. The lowest BCUT2D eigenvalue weighted by Gasteiger charge is -2.34. The molecule has 2 aliphatic rings. The number of imidazole rings is 1. The summed E-state index contributed by atoms with van der Waals surface area (Å²) in [5, 5.41) is 0. The first-order valence-corrected chi connectivity index (χ1v) is 18.4. The Morgan fingerprint density at radius 2 is 1.71 bits per heavy atom. The minimum Gasteiger partial charge on any atom is -0.332 e. The van der Waals surface area contributed by atoms with Crippen LogP contribution in [0.15, 0.2) is 91.3 Å². The molecular formula is C43H47FN6O. The van der Waals surface area contributed by atoms with Crippen LogP contribution in [-0.2, 0) is 6.54 Å². The number of likely N-dealkylation sites (tertiary alicyclic amines) is 1. The predicted molar refractivity (Wildman–Crippen MR) is 203 cm³/mol. The molecule has 262 valence electrons. The number of aryl methyl sites for hydroxylation is 2. The number of aromatic nitrogens is 4. The fraction of sp³-hybridized carbons (Fsp3) is 0.349. The van der Waals surface area contributed by atoms with Gasteiger partial charge in [0.2, 0.25) is 0 Å². The molecule has 5 aromatic rings. The Bertz CT molecular complexity index is 2040. The van der Waals surface area contributed by atoms with E-state index in [1.54, 1.807) is 24.5 Å². The summed E-state index contributed by atoms with van der Waals surface area (Å²) in [5.74, 6) is 0.260. The van der Waals surface area contributed by atoms with E-state index in [1.807, 2.05) is 40.7 Å². The van der Waals surface area contributed by atoms with E-state index >= 15 is 4.39 Å². The molecule has 1 aliphatic carbocycles. The van der Waals surface area contributed by atoms with Crippen molar-refractivity contribution in [1.29, 1.82) is 0 Å². The summed E-state index contributed by atoms with van der Waals surface area (Å²) >= 11 is 0. The molecule has 1 saturated heterocycles. The second-order valence-electron chi connectivity index (χ2n) is 14.0. The van der Waals surface area contributed by atoms with Gasteiger partial charge in [-0.05, 0) is 94.6 Å². The van der Waals surface area contributed by atoms with Gasteiger partial charge in [0.05, 0.1) is 29.6 Å². The van der Waals surface area contributed by atoms with Gasteiger partial charge in [-0.15, -0.1) is 0 Å². The highest BCUT2D eigenvalue weighted by Crippen LogP contribution is 2.27. The summed E-state index contributed by atoms with van der Waals surface area (Å²) in [4.78, 5) is 32.3. The van der Waals surface area contributed by atoms with Gasteiger partial charge in [0.1, 0.15) is 17.2 Å². The number of benzene rings is 2. The van der Waals surface area contributed by atoms with Crippen molar-refractivity contribution in [2.45, 2.75) is 71.4 Å². The van der Waals surface area contributed by atoms with Crippen LogP contribution < -0.4 is 0 Å². The molecule has 0 atom stereocenters. The summed E-state index contributed by atoms with van der Waals surface area (Å²) in [6.07, 6.45) is 17.6. The molecule has 7 rings (SSSR count). The molecular weight excluding hydrogens is 636 g/mol. The van der Waals surface area contributed by atoms with Crippen molar-refractivity contribution in [3.63, 3.8) is 0 Å². The minimum atomic E-state index is -0.390. The van der Waals surface area contributed by atoms with Crippen LogP contribution in [0.2, 0.25) is 0 Å². The van der Waals surface area contributed by atoms with Crippen LogP contribution in [0.3, 0.4) is 0 Å². The summed E-state index contributed by atoms with van der Waals surface area (Å²) < 4.78 is 17.6. The first-order chi connectivity index (χ1) is 24.9. The van der Waals surface area contributed by atoms with Gasteiger partial charge in [0.15, 0.2) is 0 Å². The van der Waals surface area contributed by atoms with Crippen LogP contribution in [0.4, 0.5) is 4.39 Å². The van der Waals surface area contributed by atoms with Crippen molar-refractivity contribution in [1.82, 2.24) is 29.3 Å². The van der Waals surface area contributed by atoms with Gasteiger partial charge < -0.3 is 9.47 Å². The molecule has 0 bridgehead atoms. The van der Waals surface area contributed by atoms with E-state index in [0.29, 0.717) is 24.2 Å². The van der Waals surface area contributed by atoms with Gasteiger partial charge in [0, 0.05) is 42.0 Å². The first kappa shape index (κ1) is 34.5. The fourth-order valence-corrected chi connectivity index (χ4v) is 7.51. The average molecular weight is 683 g/mol. The van der Waals surface area contributed by atoms with E-state index in [9.17, 15) is 4.79 Å². The smallest absolute Gasteiger partial charge is 0.254 e. The van der Waals surface area contributed by atoms with Crippen LogP contribution in [-0.4, -0.2) is 67.4 Å². The number of hydrogen-bond donors (Lipinski definition) is 0. The SMILES string of the molecule is Cc1ccc(C(=CCN2CCCC2)c2cccc(C=CCN(C(=O)c3ccc(Cn4c(C)nc5cnccc54)c(F)c3)C3CCCCC3)n2)cc1. The van der Waals surface area contributed by atoms with Crippen LogP contribution in [0.25, 0.3) is 22.7 Å². The van der Waals surface area contributed by atoms with Crippen molar-refractivity contribution in [2.24, 2.45) is 0 Å². The van der Waals surface area contributed by atoms with E-state index in [1.165, 1.54) is 30.9 Å². The molecule has 51 heavy (non-hydrogen) atoms. The molecule has 1 aliphatic heterocycles. The standard InChI is InChI=1S/C43H47FN6O/c1-31-15-17-33(18-16-31)38(22-27-48-24-6-7-25-48)40-14-8-10-36(47-40)11-9-26-49(37-12-4-3-5-13-37)43(51)34-19-20-35(39(44)28-34)30-50-32(2)46-41-29-45-23-21-42(41)50/h8-11,14-23,28-29,37H,3-7,12-13,24-27,30H2,1-2H3. The highest BCUT2D eigenvalue weighted by atomic mass is 19.1. The molecule has 0 radical (unpaired) electrons. The lowest BCUT2D eigenvalue weighted by Crippen LogP contribution is -2.41. The Morgan fingerprint density at radius 1 is 0.922 bits per heavy atom. The van der Waals surface area contributed by atoms with Crippen LogP contribution in [0.1, 0.15) is 89.2 Å². The number of carbonyl (C=O) groups excluding carboxylic acids is 1. The van der Waals surface area contributed by atoms with E-state index in [4.69, 9.17) is 4.98 Å². The van der Waals surface area contributed by atoms with Gasteiger partial charge in [-0.2, -0.15) is 0 Å². The van der Waals surface area contributed by atoms with Crippen LogP contribution >= 0.6 is 0 Å². The largest absolute Gasteiger partial charge is 0.332 e. The van der Waals surface area contributed by atoms with Crippen molar-refractivity contribution >= 4 is 28.6 Å². The Labute approximate surface area is 300 Å². The van der Waals surface area contributed by atoms with Gasteiger partial charge in [0.25, 0.3) is 5.91 Å². The molecule has 2 aromatic carbocycles. The third-order valence-corrected chi connectivity index (χ3v) is 10.4. The van der Waals surface area contributed by atoms with Crippen molar-refractivity contribution in [2.75, 3.05) is 26.2 Å². The third kappa shape index (κ3) is 8.18. The zero-order chi connectivity index (χ0) is 35.2. The minimum absolute atomic E-state index is 0.119. The Balaban J connectivity index is 1.10. The van der Waals surface area contributed by atoms with E-state index in [0.717, 1.165) is 84.7 Å². The Morgan fingerprint density at radius 3 is 2.49 bits per heavy atom. The van der Waals surface area contributed by atoms with Crippen LogP contribution in [0.5, 0.6) is 0 Å². The number of hydrogen-bond acceptors (Lipinski definition) is 5. The van der Waals surface area contributed by atoms with E-state index in [2.05, 4.69) is 64.3 Å². The number of nitrogens with zero attached hydrogens (tertiary/aromatic N) is 6. The highest BCUT2D eigenvalue weighted by molar-refractivity contribution is 5.94. The maximum absolute atomic E-state index is 15.7. The zero-order valence-electron chi connectivity index (χ0n) is 29.8. The lowest BCUT2D eigenvalue weighted by molar-refractivity contribution is 0.0662. The van der Waals surface area contributed by atoms with Gasteiger partial charge in [-0.25, -0.2) is 14.4 Å². The molecule has 4 heterocycles. The molecule has 0 spiro atoms. The average Bonchev–Trinajstić information content (AvgIpc) is 3.79. The molecule has 0 N–H and O–H groups in total. The van der Waals surface area contributed by atoms with Crippen molar-refractivity contribution in [3.8, 4) is 0 Å². The van der Waals surface area contributed by atoms with Crippen LogP contribution in [0, 0.1) is 19.7 Å². The summed E-state index contributed by atoms with van der Waals surface area (Å²) in [6.45, 7) is 7.96. The Hall–Kier alpha value is -4.95. The predicted octanol–water partition coefficient (Wildman–Crippen LogP) is 8.65. The maximum Gasteiger partial charge on any atom is 0.254 e. The van der Waals surface area contributed by atoms with Crippen molar-refractivity contribution in [3.05, 3.63) is 137 Å². The highest BCUT2D eigenvalue weighted by Gasteiger charge is 2.26. The van der Waals surface area contributed by atoms with Gasteiger partial charge in [-0.1, -0.05) is 73.4 Å². The van der Waals surface area contributed by atoms with Gasteiger partial charge in [-0.3, -0.25) is 14.7 Å². The molecule has 2 fully saturated rings.